The van der Waals surface area contributed by atoms with E-state index in [1.807, 2.05) is 0 Å². The Labute approximate surface area is 110 Å². The predicted molar refractivity (Wildman–Crippen MR) is 71.0 cm³/mol. The van der Waals surface area contributed by atoms with Crippen molar-refractivity contribution in [3.05, 3.63) is 69.6 Å². The van der Waals surface area contributed by atoms with E-state index in [0.717, 1.165) is 10.3 Å². The third-order valence-electron chi connectivity index (χ3n) is 2.53. The van der Waals surface area contributed by atoms with Crippen LogP contribution in [0, 0.1) is 17.9 Å². The summed E-state index contributed by atoms with van der Waals surface area (Å²) in [6, 6.07) is 11.0. The van der Waals surface area contributed by atoms with Crippen LogP contribution < -0.4 is 0 Å². The second-order valence-corrected chi connectivity index (χ2v) is 4.37. The van der Waals surface area contributed by atoms with E-state index in [2.05, 4.69) is 0 Å². The molecule has 0 aromatic heterocycles. The third-order valence-corrected chi connectivity index (χ3v) is 2.78. The lowest BCUT2D eigenvalue weighted by Gasteiger charge is -2.06. The SMILES string of the molecule is Cc1cc(F)ccc1[N+]([O-])=Cc1ccc(Cl)cc1. The highest BCUT2D eigenvalue weighted by molar-refractivity contribution is 6.30. The van der Waals surface area contributed by atoms with Gasteiger partial charge in [0.15, 0.2) is 6.21 Å². The largest absolute Gasteiger partial charge is 0.618 e. The molecule has 0 saturated heterocycles. The van der Waals surface area contributed by atoms with Crippen molar-refractivity contribution in [1.82, 2.24) is 0 Å². The Kier molecular flexibility index (Phi) is 3.63. The summed E-state index contributed by atoms with van der Waals surface area (Å²) in [4.78, 5) is 0. The van der Waals surface area contributed by atoms with Crippen molar-refractivity contribution in [3.63, 3.8) is 0 Å². The Bertz CT molecular complexity index is 593. The van der Waals surface area contributed by atoms with E-state index in [0.29, 0.717) is 16.3 Å². The fraction of sp³-hybridized carbons (Fsp3) is 0.0714. The van der Waals surface area contributed by atoms with Crippen LogP contribution in [0.25, 0.3) is 0 Å². The molecule has 0 N–H and O–H groups in total. The van der Waals surface area contributed by atoms with Crippen LogP contribution in [0.4, 0.5) is 10.1 Å². The lowest BCUT2D eigenvalue weighted by atomic mass is 10.2. The Balaban J connectivity index is 2.35. The highest BCUT2D eigenvalue weighted by Gasteiger charge is 2.07. The highest BCUT2D eigenvalue weighted by atomic mass is 35.5. The molecule has 4 heteroatoms. The monoisotopic (exact) mass is 263 g/mol. The first-order valence-electron chi connectivity index (χ1n) is 5.39. The van der Waals surface area contributed by atoms with E-state index in [-0.39, 0.29) is 5.82 Å². The Morgan fingerprint density at radius 3 is 2.44 bits per heavy atom. The summed E-state index contributed by atoms with van der Waals surface area (Å²) in [7, 11) is 0. The number of rotatable bonds is 2. The van der Waals surface area contributed by atoms with Crippen LogP contribution in [0.2, 0.25) is 5.02 Å². The van der Waals surface area contributed by atoms with E-state index < -0.39 is 0 Å². The molecular weight excluding hydrogens is 253 g/mol. The number of hydrogen-bond acceptors (Lipinski definition) is 1. The van der Waals surface area contributed by atoms with Gasteiger partial charge in [0, 0.05) is 22.2 Å². The van der Waals surface area contributed by atoms with Gasteiger partial charge in [0.05, 0.1) is 0 Å². The average Bonchev–Trinajstić information content (AvgIpc) is 2.32. The van der Waals surface area contributed by atoms with E-state index in [9.17, 15) is 9.60 Å². The van der Waals surface area contributed by atoms with Gasteiger partial charge in [-0.2, -0.15) is 4.74 Å². The molecule has 92 valence electrons. The molecule has 0 aliphatic rings. The normalized spacial score (nSPS) is 11.6. The molecule has 2 nitrogen and oxygen atoms in total. The maximum absolute atomic E-state index is 12.9. The van der Waals surface area contributed by atoms with Crippen LogP contribution in [0.3, 0.4) is 0 Å². The van der Waals surface area contributed by atoms with Gasteiger partial charge in [-0.25, -0.2) is 4.39 Å². The van der Waals surface area contributed by atoms with Crippen LogP contribution >= 0.6 is 11.6 Å². The van der Waals surface area contributed by atoms with Gasteiger partial charge in [0.2, 0.25) is 5.69 Å². The van der Waals surface area contributed by atoms with Gasteiger partial charge in [0.25, 0.3) is 0 Å². The average molecular weight is 264 g/mol. The summed E-state index contributed by atoms with van der Waals surface area (Å²) in [6.07, 6.45) is 1.43. The van der Waals surface area contributed by atoms with Crippen molar-refractivity contribution in [2.75, 3.05) is 0 Å². The number of benzene rings is 2. The van der Waals surface area contributed by atoms with Crippen molar-refractivity contribution < 1.29 is 9.13 Å². The molecule has 0 aliphatic carbocycles. The molecule has 0 unspecified atom stereocenters. The molecule has 2 aromatic rings. The zero-order valence-electron chi connectivity index (χ0n) is 9.73. The second kappa shape index (κ2) is 5.19. The number of hydrogen-bond donors (Lipinski definition) is 0. The van der Waals surface area contributed by atoms with Crippen LogP contribution in [0.15, 0.2) is 42.5 Å². The summed E-state index contributed by atoms with van der Waals surface area (Å²) >= 11 is 5.76. The Morgan fingerprint density at radius 1 is 1.17 bits per heavy atom. The van der Waals surface area contributed by atoms with Gasteiger partial charge >= 0.3 is 0 Å². The van der Waals surface area contributed by atoms with Crippen LogP contribution in [-0.2, 0) is 0 Å². The number of nitrogens with zero attached hydrogens (tertiary/aromatic N) is 1. The molecule has 0 amide bonds. The minimum absolute atomic E-state index is 0.351. The molecule has 0 saturated carbocycles. The summed E-state index contributed by atoms with van der Waals surface area (Å²) in [6.45, 7) is 1.69. The first kappa shape index (κ1) is 12.6. The van der Waals surface area contributed by atoms with Gasteiger partial charge in [-0.3, -0.25) is 0 Å². The summed E-state index contributed by atoms with van der Waals surface area (Å²) < 4.78 is 13.7. The molecule has 0 atom stereocenters. The van der Waals surface area contributed by atoms with Gasteiger partial charge in [-0.15, -0.1) is 0 Å². The third kappa shape index (κ3) is 2.87. The van der Waals surface area contributed by atoms with Gasteiger partial charge < -0.3 is 5.21 Å². The second-order valence-electron chi connectivity index (χ2n) is 3.94. The fourth-order valence-electron chi connectivity index (χ4n) is 1.62. The predicted octanol–water partition coefficient (Wildman–Crippen LogP) is 4.05. The lowest BCUT2D eigenvalue weighted by Crippen LogP contribution is -2.00. The van der Waals surface area contributed by atoms with Crippen LogP contribution in [0.1, 0.15) is 11.1 Å². The van der Waals surface area contributed by atoms with Crippen LogP contribution in [0.5, 0.6) is 0 Å². The Hall–Kier alpha value is -1.87. The molecule has 0 bridgehead atoms. The summed E-state index contributed by atoms with van der Waals surface area (Å²) in [5.41, 5.74) is 1.75. The summed E-state index contributed by atoms with van der Waals surface area (Å²) in [5, 5.41) is 12.6. The molecular formula is C14H11ClFNO. The first-order chi connectivity index (χ1) is 8.56. The van der Waals surface area contributed by atoms with E-state index in [1.165, 1.54) is 24.4 Å². The fourth-order valence-corrected chi connectivity index (χ4v) is 1.75. The van der Waals surface area contributed by atoms with Gasteiger partial charge in [-0.05, 0) is 43.3 Å². The summed E-state index contributed by atoms with van der Waals surface area (Å²) in [5.74, 6) is -0.351. The molecule has 18 heavy (non-hydrogen) atoms. The van der Waals surface area contributed by atoms with E-state index >= 15 is 0 Å². The standard InChI is InChI=1S/C14H11ClFNO/c1-10-8-13(16)6-7-14(10)17(18)9-11-2-4-12(15)5-3-11/h2-9H,1H3. The zero-order chi connectivity index (χ0) is 13.1. The maximum Gasteiger partial charge on any atom is 0.219 e. The molecule has 0 spiro atoms. The minimum Gasteiger partial charge on any atom is -0.618 e. The topological polar surface area (TPSA) is 26.1 Å². The van der Waals surface area contributed by atoms with Crippen molar-refractivity contribution in [2.24, 2.45) is 0 Å². The molecule has 0 heterocycles. The lowest BCUT2D eigenvalue weighted by molar-refractivity contribution is -0.355. The molecule has 2 rings (SSSR count). The highest BCUT2D eigenvalue weighted by Crippen LogP contribution is 2.18. The smallest absolute Gasteiger partial charge is 0.219 e. The van der Waals surface area contributed by atoms with E-state index in [1.54, 1.807) is 31.2 Å². The molecule has 0 fully saturated rings. The Morgan fingerprint density at radius 2 is 1.83 bits per heavy atom. The quantitative estimate of drug-likeness (QED) is 0.347. The molecule has 2 aromatic carbocycles. The number of halogens is 2. The van der Waals surface area contributed by atoms with Crippen molar-refractivity contribution in [2.45, 2.75) is 6.92 Å². The van der Waals surface area contributed by atoms with Crippen molar-refractivity contribution in [1.29, 1.82) is 0 Å². The molecule has 0 aliphatic heterocycles. The van der Waals surface area contributed by atoms with Gasteiger partial charge in [0.1, 0.15) is 5.82 Å². The zero-order valence-corrected chi connectivity index (χ0v) is 10.5. The van der Waals surface area contributed by atoms with Crippen molar-refractivity contribution in [3.8, 4) is 0 Å². The number of aryl methyl sites for hydroxylation is 1. The minimum atomic E-state index is -0.351. The van der Waals surface area contributed by atoms with Crippen molar-refractivity contribution >= 4 is 23.5 Å². The maximum atomic E-state index is 12.9. The molecule has 0 radical (unpaired) electrons. The van der Waals surface area contributed by atoms with Gasteiger partial charge in [-0.1, -0.05) is 11.6 Å². The first-order valence-corrected chi connectivity index (χ1v) is 5.77. The van der Waals surface area contributed by atoms with Crippen LogP contribution in [-0.4, -0.2) is 11.0 Å². The van der Waals surface area contributed by atoms with E-state index in [4.69, 9.17) is 11.6 Å².